The van der Waals surface area contributed by atoms with E-state index < -0.39 is 0 Å². The third-order valence-corrected chi connectivity index (χ3v) is 3.69. The average Bonchev–Trinajstić information content (AvgIpc) is 2.44. The summed E-state index contributed by atoms with van der Waals surface area (Å²) >= 11 is 0. The summed E-state index contributed by atoms with van der Waals surface area (Å²) in [6.45, 7) is 8.77. The molecule has 0 N–H and O–H groups in total. The minimum absolute atomic E-state index is 0.828. The van der Waals surface area contributed by atoms with Crippen molar-refractivity contribution in [2.24, 2.45) is 0 Å². The molecule has 0 atom stereocenters. The maximum absolute atomic E-state index is 5.69. The lowest BCUT2D eigenvalue weighted by Crippen LogP contribution is -2.43. The Morgan fingerprint density at radius 3 is 2.37 bits per heavy atom. The molecule has 1 aliphatic heterocycles. The third-order valence-electron chi connectivity index (χ3n) is 3.69. The lowest BCUT2D eigenvalue weighted by Gasteiger charge is -2.32. The Bertz CT molecular complexity index is 356. The molecule has 0 aromatic heterocycles. The number of rotatable bonds is 6. The van der Waals surface area contributed by atoms with Gasteiger partial charge in [0.15, 0.2) is 0 Å². The van der Waals surface area contributed by atoms with Gasteiger partial charge in [-0.2, -0.15) is 0 Å². The van der Waals surface area contributed by atoms with Gasteiger partial charge in [-0.05, 0) is 31.2 Å². The van der Waals surface area contributed by atoms with Crippen LogP contribution in [0.25, 0.3) is 0 Å². The van der Waals surface area contributed by atoms with Crippen LogP contribution in [-0.4, -0.2) is 49.6 Å². The fourth-order valence-corrected chi connectivity index (χ4v) is 2.29. The highest BCUT2D eigenvalue weighted by molar-refractivity contribution is 5.27. The molecular formula is C16H26N2O. The van der Waals surface area contributed by atoms with E-state index in [1.807, 2.05) is 0 Å². The molecule has 3 nitrogen and oxygen atoms in total. The second kappa shape index (κ2) is 7.51. The molecule has 1 saturated heterocycles. The predicted molar refractivity (Wildman–Crippen MR) is 79.6 cm³/mol. The molecular weight excluding hydrogens is 236 g/mol. The molecule has 0 radical (unpaired) electrons. The fourth-order valence-electron chi connectivity index (χ4n) is 2.29. The van der Waals surface area contributed by atoms with Crippen LogP contribution in [0, 0.1) is 0 Å². The summed E-state index contributed by atoms with van der Waals surface area (Å²) in [6.07, 6.45) is 2.31. The first-order valence-electron chi connectivity index (χ1n) is 7.40. The van der Waals surface area contributed by atoms with Crippen LogP contribution in [0.1, 0.15) is 25.3 Å². The SMILES string of the molecule is CCCCOc1ccc(CN2CCN(C)CC2)cc1. The van der Waals surface area contributed by atoms with Gasteiger partial charge in [0.25, 0.3) is 0 Å². The molecule has 1 fully saturated rings. The van der Waals surface area contributed by atoms with Crippen molar-refractivity contribution in [1.29, 1.82) is 0 Å². The van der Waals surface area contributed by atoms with E-state index in [9.17, 15) is 0 Å². The Labute approximate surface area is 117 Å². The normalized spacial score (nSPS) is 17.6. The van der Waals surface area contributed by atoms with Crippen molar-refractivity contribution in [3.05, 3.63) is 29.8 Å². The molecule has 3 heteroatoms. The molecule has 0 bridgehead atoms. The van der Waals surface area contributed by atoms with Gasteiger partial charge in [-0.3, -0.25) is 4.90 Å². The number of ether oxygens (including phenoxy) is 1. The Hall–Kier alpha value is -1.06. The van der Waals surface area contributed by atoms with Crippen LogP contribution in [0.15, 0.2) is 24.3 Å². The second-order valence-electron chi connectivity index (χ2n) is 5.43. The van der Waals surface area contributed by atoms with Gasteiger partial charge in [-0.15, -0.1) is 0 Å². The van der Waals surface area contributed by atoms with Crippen LogP contribution in [-0.2, 0) is 6.54 Å². The highest BCUT2D eigenvalue weighted by Gasteiger charge is 2.13. The average molecular weight is 262 g/mol. The molecule has 0 amide bonds. The van der Waals surface area contributed by atoms with Gasteiger partial charge >= 0.3 is 0 Å². The Kier molecular flexibility index (Phi) is 5.67. The molecule has 0 spiro atoms. The topological polar surface area (TPSA) is 15.7 Å². The number of unbranched alkanes of at least 4 members (excludes halogenated alkanes) is 1. The summed E-state index contributed by atoms with van der Waals surface area (Å²) in [5.74, 6) is 0.996. The molecule has 1 aliphatic rings. The van der Waals surface area contributed by atoms with Crippen LogP contribution in [0.3, 0.4) is 0 Å². The third kappa shape index (κ3) is 4.84. The highest BCUT2D eigenvalue weighted by Crippen LogP contribution is 2.14. The predicted octanol–water partition coefficient (Wildman–Crippen LogP) is 2.61. The maximum Gasteiger partial charge on any atom is 0.119 e. The van der Waals surface area contributed by atoms with E-state index in [1.54, 1.807) is 0 Å². The molecule has 106 valence electrons. The smallest absolute Gasteiger partial charge is 0.119 e. The summed E-state index contributed by atoms with van der Waals surface area (Å²) in [4.78, 5) is 4.91. The second-order valence-corrected chi connectivity index (χ2v) is 5.43. The minimum atomic E-state index is 0.828. The van der Waals surface area contributed by atoms with E-state index in [4.69, 9.17) is 4.74 Å². The number of hydrogen-bond acceptors (Lipinski definition) is 3. The Balaban J connectivity index is 1.78. The van der Waals surface area contributed by atoms with E-state index >= 15 is 0 Å². The fraction of sp³-hybridized carbons (Fsp3) is 0.625. The number of hydrogen-bond donors (Lipinski definition) is 0. The molecule has 2 rings (SSSR count). The van der Waals surface area contributed by atoms with Crippen molar-refractivity contribution in [1.82, 2.24) is 9.80 Å². The monoisotopic (exact) mass is 262 g/mol. The van der Waals surface area contributed by atoms with Crippen molar-refractivity contribution < 1.29 is 4.74 Å². The first kappa shape index (κ1) is 14.4. The van der Waals surface area contributed by atoms with Crippen molar-refractivity contribution >= 4 is 0 Å². The molecule has 0 saturated carbocycles. The van der Waals surface area contributed by atoms with Gasteiger partial charge in [0.1, 0.15) is 5.75 Å². The summed E-state index contributed by atoms with van der Waals surface area (Å²) in [5.41, 5.74) is 1.38. The summed E-state index contributed by atoms with van der Waals surface area (Å²) < 4.78 is 5.69. The Morgan fingerprint density at radius 1 is 1.05 bits per heavy atom. The first-order valence-corrected chi connectivity index (χ1v) is 7.40. The van der Waals surface area contributed by atoms with E-state index in [0.717, 1.165) is 25.3 Å². The van der Waals surface area contributed by atoms with E-state index in [0.29, 0.717) is 0 Å². The summed E-state index contributed by atoms with van der Waals surface area (Å²) in [7, 11) is 2.19. The maximum atomic E-state index is 5.69. The Morgan fingerprint density at radius 2 is 1.74 bits per heavy atom. The molecule has 0 aliphatic carbocycles. The zero-order valence-electron chi connectivity index (χ0n) is 12.3. The van der Waals surface area contributed by atoms with E-state index in [1.165, 1.54) is 38.2 Å². The quantitative estimate of drug-likeness (QED) is 0.733. The summed E-state index contributed by atoms with van der Waals surface area (Å²) in [5, 5.41) is 0. The molecule has 1 aromatic rings. The van der Waals surface area contributed by atoms with Gasteiger partial charge in [0.05, 0.1) is 6.61 Å². The van der Waals surface area contributed by atoms with Crippen molar-refractivity contribution in [2.45, 2.75) is 26.3 Å². The highest BCUT2D eigenvalue weighted by atomic mass is 16.5. The van der Waals surface area contributed by atoms with Gasteiger partial charge < -0.3 is 9.64 Å². The van der Waals surface area contributed by atoms with E-state index in [2.05, 4.69) is 48.0 Å². The van der Waals surface area contributed by atoms with Crippen molar-refractivity contribution in [3.63, 3.8) is 0 Å². The molecule has 0 unspecified atom stereocenters. The van der Waals surface area contributed by atoms with Gasteiger partial charge in [-0.25, -0.2) is 0 Å². The minimum Gasteiger partial charge on any atom is -0.494 e. The van der Waals surface area contributed by atoms with Crippen LogP contribution >= 0.6 is 0 Å². The summed E-state index contributed by atoms with van der Waals surface area (Å²) in [6, 6.07) is 8.58. The zero-order valence-corrected chi connectivity index (χ0v) is 12.3. The number of piperazine rings is 1. The van der Waals surface area contributed by atoms with Crippen molar-refractivity contribution in [3.8, 4) is 5.75 Å². The first-order chi connectivity index (χ1) is 9.28. The van der Waals surface area contributed by atoms with E-state index in [-0.39, 0.29) is 0 Å². The largest absolute Gasteiger partial charge is 0.494 e. The lowest BCUT2D eigenvalue weighted by molar-refractivity contribution is 0.148. The molecule has 1 aromatic carbocycles. The number of nitrogens with zero attached hydrogens (tertiary/aromatic N) is 2. The zero-order chi connectivity index (χ0) is 13.5. The number of likely N-dealkylation sites (N-methyl/N-ethyl adjacent to an activating group) is 1. The van der Waals surface area contributed by atoms with Crippen LogP contribution < -0.4 is 4.74 Å². The lowest BCUT2D eigenvalue weighted by atomic mass is 10.2. The standard InChI is InChI=1S/C16H26N2O/c1-3-4-13-19-16-7-5-15(6-8-16)14-18-11-9-17(2)10-12-18/h5-8H,3-4,9-14H2,1-2H3. The van der Waals surface area contributed by atoms with Crippen LogP contribution in [0.4, 0.5) is 0 Å². The van der Waals surface area contributed by atoms with Crippen LogP contribution in [0.2, 0.25) is 0 Å². The van der Waals surface area contributed by atoms with Gasteiger partial charge in [0, 0.05) is 32.7 Å². The van der Waals surface area contributed by atoms with Crippen LogP contribution in [0.5, 0.6) is 5.75 Å². The van der Waals surface area contributed by atoms with Gasteiger partial charge in [0.2, 0.25) is 0 Å². The van der Waals surface area contributed by atoms with Crippen molar-refractivity contribution in [2.75, 3.05) is 39.8 Å². The molecule has 19 heavy (non-hydrogen) atoms. The van der Waals surface area contributed by atoms with Gasteiger partial charge in [-0.1, -0.05) is 25.5 Å². The number of benzene rings is 1. The molecule has 1 heterocycles.